The second kappa shape index (κ2) is 6.95. The number of aryl methyl sites for hydroxylation is 2. The molecule has 2 amide bonds. The topological polar surface area (TPSA) is 58.2 Å². The first-order chi connectivity index (χ1) is 8.93. The SMILES string of the molecule is C=CCNC(=O)CC(=O)Nc1c(C)cc(C)cc1Cl. The quantitative estimate of drug-likeness (QED) is 0.643. The van der Waals surface area contributed by atoms with Crippen molar-refractivity contribution in [3.05, 3.63) is 40.9 Å². The second-order valence-corrected chi connectivity index (χ2v) is 4.66. The van der Waals surface area contributed by atoms with Crippen LogP contribution in [0.4, 0.5) is 5.69 Å². The fraction of sp³-hybridized carbons (Fsp3) is 0.286. The van der Waals surface area contributed by atoms with Crippen LogP contribution in [0.15, 0.2) is 24.8 Å². The average Bonchev–Trinajstić information content (AvgIpc) is 2.31. The zero-order valence-electron chi connectivity index (χ0n) is 11.0. The van der Waals surface area contributed by atoms with Crippen LogP contribution in [0.25, 0.3) is 0 Å². The molecule has 0 unspecified atom stereocenters. The Morgan fingerprint density at radius 2 is 2.00 bits per heavy atom. The van der Waals surface area contributed by atoms with E-state index in [4.69, 9.17) is 11.6 Å². The largest absolute Gasteiger partial charge is 0.352 e. The number of carbonyl (C=O) groups excluding carboxylic acids is 2. The maximum atomic E-state index is 11.7. The van der Waals surface area contributed by atoms with Crippen molar-refractivity contribution in [2.75, 3.05) is 11.9 Å². The van der Waals surface area contributed by atoms with E-state index >= 15 is 0 Å². The normalized spacial score (nSPS) is 9.84. The Bertz CT molecular complexity index is 489. The van der Waals surface area contributed by atoms with Crippen molar-refractivity contribution in [3.63, 3.8) is 0 Å². The molecule has 1 rings (SSSR count). The van der Waals surface area contributed by atoms with E-state index in [1.807, 2.05) is 19.9 Å². The molecule has 0 heterocycles. The van der Waals surface area contributed by atoms with Crippen molar-refractivity contribution in [1.82, 2.24) is 5.32 Å². The zero-order chi connectivity index (χ0) is 14.4. The van der Waals surface area contributed by atoms with Crippen LogP contribution in [0.3, 0.4) is 0 Å². The summed E-state index contributed by atoms with van der Waals surface area (Å²) in [6.45, 7) is 7.60. The van der Waals surface area contributed by atoms with E-state index in [-0.39, 0.29) is 12.3 Å². The van der Waals surface area contributed by atoms with Crippen LogP contribution in [-0.2, 0) is 9.59 Å². The van der Waals surface area contributed by atoms with Gasteiger partial charge in [-0.1, -0.05) is 23.7 Å². The number of hydrogen-bond acceptors (Lipinski definition) is 2. The highest BCUT2D eigenvalue weighted by molar-refractivity contribution is 6.34. The smallest absolute Gasteiger partial charge is 0.233 e. The fourth-order valence-corrected chi connectivity index (χ4v) is 2.02. The molecule has 5 heteroatoms. The molecule has 1 aromatic carbocycles. The maximum absolute atomic E-state index is 11.7. The first kappa shape index (κ1) is 15.2. The van der Waals surface area contributed by atoms with E-state index in [9.17, 15) is 9.59 Å². The summed E-state index contributed by atoms with van der Waals surface area (Å²) in [6, 6.07) is 3.68. The standard InChI is InChI=1S/C14H17ClN2O2/c1-4-5-16-12(18)8-13(19)17-14-10(3)6-9(2)7-11(14)15/h4,6-7H,1,5,8H2,2-3H3,(H,16,18)(H,17,19). The number of nitrogens with one attached hydrogen (secondary N) is 2. The molecule has 0 radical (unpaired) electrons. The highest BCUT2D eigenvalue weighted by Crippen LogP contribution is 2.27. The summed E-state index contributed by atoms with van der Waals surface area (Å²) in [5, 5.41) is 5.66. The van der Waals surface area contributed by atoms with Crippen LogP contribution in [0, 0.1) is 13.8 Å². The third-order valence-corrected chi connectivity index (χ3v) is 2.76. The van der Waals surface area contributed by atoms with Gasteiger partial charge < -0.3 is 10.6 Å². The molecule has 0 spiro atoms. The summed E-state index contributed by atoms with van der Waals surface area (Å²) in [5.41, 5.74) is 2.43. The molecule has 2 N–H and O–H groups in total. The summed E-state index contributed by atoms with van der Waals surface area (Å²) < 4.78 is 0. The van der Waals surface area contributed by atoms with Crippen LogP contribution in [0.2, 0.25) is 5.02 Å². The Hall–Kier alpha value is -1.81. The van der Waals surface area contributed by atoms with Crippen LogP contribution in [0.5, 0.6) is 0 Å². The molecule has 4 nitrogen and oxygen atoms in total. The van der Waals surface area contributed by atoms with Crippen molar-refractivity contribution in [3.8, 4) is 0 Å². The molecule has 0 fully saturated rings. The minimum absolute atomic E-state index is 0.239. The molecule has 0 aliphatic heterocycles. The molecular weight excluding hydrogens is 264 g/mol. The minimum Gasteiger partial charge on any atom is -0.352 e. The van der Waals surface area contributed by atoms with Gasteiger partial charge in [-0.15, -0.1) is 6.58 Å². The second-order valence-electron chi connectivity index (χ2n) is 4.26. The Morgan fingerprint density at radius 1 is 1.32 bits per heavy atom. The number of hydrogen-bond donors (Lipinski definition) is 2. The molecule has 0 saturated carbocycles. The maximum Gasteiger partial charge on any atom is 0.233 e. The lowest BCUT2D eigenvalue weighted by Crippen LogP contribution is -2.28. The summed E-state index contributed by atoms with van der Waals surface area (Å²) in [4.78, 5) is 23.1. The van der Waals surface area contributed by atoms with Gasteiger partial charge in [0.15, 0.2) is 0 Å². The van der Waals surface area contributed by atoms with E-state index in [1.54, 1.807) is 12.1 Å². The third kappa shape index (κ3) is 4.75. The Labute approximate surface area is 117 Å². The van der Waals surface area contributed by atoms with Crippen LogP contribution in [0.1, 0.15) is 17.5 Å². The Balaban J connectivity index is 2.67. The molecule has 102 valence electrons. The highest BCUT2D eigenvalue weighted by atomic mass is 35.5. The van der Waals surface area contributed by atoms with E-state index in [0.717, 1.165) is 11.1 Å². The third-order valence-electron chi connectivity index (χ3n) is 2.46. The van der Waals surface area contributed by atoms with E-state index in [2.05, 4.69) is 17.2 Å². The van der Waals surface area contributed by atoms with Gasteiger partial charge in [-0.3, -0.25) is 9.59 Å². The van der Waals surface area contributed by atoms with E-state index in [0.29, 0.717) is 17.3 Å². The van der Waals surface area contributed by atoms with Gasteiger partial charge in [0.1, 0.15) is 6.42 Å². The summed E-state index contributed by atoms with van der Waals surface area (Å²) in [6.07, 6.45) is 1.31. The molecule has 0 saturated heterocycles. The van der Waals surface area contributed by atoms with Crippen molar-refractivity contribution in [2.24, 2.45) is 0 Å². The molecule has 0 aliphatic rings. The fourth-order valence-electron chi connectivity index (χ4n) is 1.65. The first-order valence-electron chi connectivity index (χ1n) is 5.88. The van der Waals surface area contributed by atoms with Crippen LogP contribution >= 0.6 is 11.6 Å². The summed E-state index contributed by atoms with van der Waals surface area (Å²) >= 11 is 6.07. The van der Waals surface area contributed by atoms with Gasteiger partial charge in [0.2, 0.25) is 11.8 Å². The predicted octanol–water partition coefficient (Wildman–Crippen LogP) is 2.59. The average molecular weight is 281 g/mol. The van der Waals surface area contributed by atoms with Gasteiger partial charge in [0, 0.05) is 6.54 Å². The number of carbonyl (C=O) groups is 2. The number of rotatable bonds is 5. The summed E-state index contributed by atoms with van der Waals surface area (Å²) in [7, 11) is 0. The van der Waals surface area contributed by atoms with Gasteiger partial charge in [-0.25, -0.2) is 0 Å². The molecule has 1 aromatic rings. The number of halogens is 1. The van der Waals surface area contributed by atoms with Crippen LogP contribution in [-0.4, -0.2) is 18.4 Å². The molecule has 0 aromatic heterocycles. The predicted molar refractivity (Wildman–Crippen MR) is 77.4 cm³/mol. The highest BCUT2D eigenvalue weighted by Gasteiger charge is 2.12. The van der Waals surface area contributed by atoms with Gasteiger partial charge in [0.25, 0.3) is 0 Å². The molecular formula is C14H17ClN2O2. The minimum atomic E-state index is -0.393. The Kier molecular flexibility index (Phi) is 5.57. The van der Waals surface area contributed by atoms with Gasteiger partial charge in [0.05, 0.1) is 10.7 Å². The van der Waals surface area contributed by atoms with E-state index in [1.165, 1.54) is 0 Å². The lowest BCUT2D eigenvalue weighted by molar-refractivity contribution is -0.126. The molecule has 19 heavy (non-hydrogen) atoms. The van der Waals surface area contributed by atoms with Gasteiger partial charge >= 0.3 is 0 Å². The van der Waals surface area contributed by atoms with Crippen molar-refractivity contribution < 1.29 is 9.59 Å². The number of benzene rings is 1. The van der Waals surface area contributed by atoms with Crippen LogP contribution < -0.4 is 10.6 Å². The Morgan fingerprint density at radius 3 is 2.58 bits per heavy atom. The lowest BCUT2D eigenvalue weighted by atomic mass is 10.1. The van der Waals surface area contributed by atoms with Gasteiger partial charge in [-0.2, -0.15) is 0 Å². The molecule has 0 atom stereocenters. The molecule has 0 aliphatic carbocycles. The van der Waals surface area contributed by atoms with E-state index < -0.39 is 5.91 Å². The van der Waals surface area contributed by atoms with Gasteiger partial charge in [-0.05, 0) is 31.0 Å². The first-order valence-corrected chi connectivity index (χ1v) is 6.26. The summed E-state index contributed by atoms with van der Waals surface area (Å²) in [5.74, 6) is -0.742. The van der Waals surface area contributed by atoms with Crippen molar-refractivity contribution >= 4 is 29.1 Å². The number of anilines is 1. The lowest BCUT2D eigenvalue weighted by Gasteiger charge is -2.11. The van der Waals surface area contributed by atoms with Crippen molar-refractivity contribution in [2.45, 2.75) is 20.3 Å². The zero-order valence-corrected chi connectivity index (χ0v) is 11.8. The van der Waals surface area contributed by atoms with Crippen molar-refractivity contribution in [1.29, 1.82) is 0 Å². The molecule has 0 bridgehead atoms. The monoisotopic (exact) mass is 280 g/mol. The number of amides is 2.